The van der Waals surface area contributed by atoms with Crippen molar-refractivity contribution in [2.75, 3.05) is 6.61 Å². The number of Topliss-reactive ketones (excluding diaryl/α,β-unsaturated/α-hetero) is 1. The van der Waals surface area contributed by atoms with Crippen LogP contribution in [0.5, 0.6) is 5.75 Å². The summed E-state index contributed by atoms with van der Waals surface area (Å²) in [7, 11) is 0. The van der Waals surface area contributed by atoms with Crippen LogP contribution in [0.2, 0.25) is 0 Å². The molecule has 0 unspecified atom stereocenters. The summed E-state index contributed by atoms with van der Waals surface area (Å²) in [5, 5.41) is 0. The number of aryl methyl sites for hydroxylation is 1. The van der Waals surface area contributed by atoms with Crippen LogP contribution in [0, 0.1) is 18.6 Å². The number of ketones is 1. The maximum absolute atomic E-state index is 13.4. The van der Waals surface area contributed by atoms with Gasteiger partial charge in [0.1, 0.15) is 17.4 Å². The van der Waals surface area contributed by atoms with E-state index in [-0.39, 0.29) is 18.6 Å². The zero-order chi connectivity index (χ0) is 14.5. The van der Waals surface area contributed by atoms with Crippen molar-refractivity contribution in [3.8, 4) is 5.75 Å². The maximum Gasteiger partial charge on any atom is 0.169 e. The minimum Gasteiger partial charge on any atom is -0.493 e. The predicted molar refractivity (Wildman–Crippen MR) is 72.0 cm³/mol. The lowest BCUT2D eigenvalue weighted by molar-refractivity contribution is 0.0958. The van der Waals surface area contributed by atoms with Gasteiger partial charge in [0.05, 0.1) is 12.2 Å². The predicted octanol–water partition coefficient (Wildman–Crippen LogP) is 3.93. The summed E-state index contributed by atoms with van der Waals surface area (Å²) in [5.41, 5.74) is 0.942. The monoisotopic (exact) mass is 276 g/mol. The molecule has 0 amide bonds. The van der Waals surface area contributed by atoms with Gasteiger partial charge >= 0.3 is 0 Å². The van der Waals surface area contributed by atoms with E-state index < -0.39 is 17.4 Å². The van der Waals surface area contributed by atoms with E-state index in [1.807, 2.05) is 25.1 Å². The minimum atomic E-state index is -0.842. The lowest BCUT2D eigenvalue weighted by Gasteiger charge is -2.07. The summed E-state index contributed by atoms with van der Waals surface area (Å²) in [4.78, 5) is 11.8. The molecule has 0 fully saturated rings. The second-order valence-corrected chi connectivity index (χ2v) is 4.46. The van der Waals surface area contributed by atoms with Crippen LogP contribution in [0.1, 0.15) is 22.3 Å². The highest BCUT2D eigenvalue weighted by molar-refractivity contribution is 5.96. The van der Waals surface area contributed by atoms with Crippen molar-refractivity contribution in [1.29, 1.82) is 0 Å². The number of halogens is 2. The van der Waals surface area contributed by atoms with E-state index in [1.165, 1.54) is 0 Å². The highest BCUT2D eigenvalue weighted by atomic mass is 19.1. The molecule has 0 N–H and O–H groups in total. The molecule has 20 heavy (non-hydrogen) atoms. The van der Waals surface area contributed by atoms with Gasteiger partial charge in [-0.3, -0.25) is 4.79 Å². The Bertz CT molecular complexity index is 624. The molecule has 0 aliphatic rings. The normalized spacial score (nSPS) is 10.3. The second kappa shape index (κ2) is 6.28. The van der Waals surface area contributed by atoms with Crippen LogP contribution in [-0.4, -0.2) is 12.4 Å². The third kappa shape index (κ3) is 3.63. The Morgan fingerprint density at radius 3 is 2.65 bits per heavy atom. The fourth-order valence-electron chi connectivity index (χ4n) is 1.82. The van der Waals surface area contributed by atoms with Gasteiger partial charge in [0.25, 0.3) is 0 Å². The van der Waals surface area contributed by atoms with Crippen LogP contribution in [0.3, 0.4) is 0 Å². The van der Waals surface area contributed by atoms with Crippen LogP contribution in [0.25, 0.3) is 0 Å². The molecule has 0 bridgehead atoms. The Hall–Kier alpha value is -2.23. The molecule has 0 saturated carbocycles. The number of carbonyl (C=O) groups is 1. The first-order valence-electron chi connectivity index (χ1n) is 6.24. The number of carbonyl (C=O) groups excluding carboxylic acids is 1. The molecule has 0 saturated heterocycles. The summed E-state index contributed by atoms with van der Waals surface area (Å²) in [6, 6.07) is 10.4. The molecular weight excluding hydrogens is 262 g/mol. The van der Waals surface area contributed by atoms with Gasteiger partial charge in [0.15, 0.2) is 5.78 Å². The van der Waals surface area contributed by atoms with E-state index in [4.69, 9.17) is 4.74 Å². The van der Waals surface area contributed by atoms with Crippen LogP contribution < -0.4 is 4.74 Å². The zero-order valence-corrected chi connectivity index (χ0v) is 11.0. The van der Waals surface area contributed by atoms with Crippen molar-refractivity contribution in [2.45, 2.75) is 13.3 Å². The van der Waals surface area contributed by atoms with Crippen molar-refractivity contribution >= 4 is 5.78 Å². The topological polar surface area (TPSA) is 26.3 Å². The Balaban J connectivity index is 1.92. The molecule has 0 radical (unpaired) electrons. The van der Waals surface area contributed by atoms with E-state index >= 15 is 0 Å². The first-order valence-corrected chi connectivity index (χ1v) is 6.24. The Kier molecular flexibility index (Phi) is 4.45. The molecule has 0 atom stereocenters. The van der Waals surface area contributed by atoms with Crippen molar-refractivity contribution in [1.82, 2.24) is 0 Å². The lowest BCUT2D eigenvalue weighted by atomic mass is 10.1. The number of rotatable bonds is 5. The van der Waals surface area contributed by atoms with Crippen molar-refractivity contribution in [2.24, 2.45) is 0 Å². The van der Waals surface area contributed by atoms with Crippen molar-refractivity contribution < 1.29 is 18.3 Å². The van der Waals surface area contributed by atoms with Gasteiger partial charge in [-0.15, -0.1) is 0 Å². The first kappa shape index (κ1) is 14.2. The Morgan fingerprint density at radius 2 is 1.95 bits per heavy atom. The largest absolute Gasteiger partial charge is 0.493 e. The quantitative estimate of drug-likeness (QED) is 0.773. The van der Waals surface area contributed by atoms with Crippen LogP contribution >= 0.6 is 0 Å². The summed E-state index contributed by atoms with van der Waals surface area (Å²) in [6.45, 7) is 2.09. The molecule has 2 aromatic rings. The average Bonchev–Trinajstić information content (AvgIpc) is 2.38. The molecule has 0 aromatic heterocycles. The maximum atomic E-state index is 13.4. The van der Waals surface area contributed by atoms with Crippen molar-refractivity contribution in [3.05, 3.63) is 65.2 Å². The van der Waals surface area contributed by atoms with Crippen LogP contribution in [0.15, 0.2) is 42.5 Å². The molecular formula is C16H14F2O2. The molecule has 2 aromatic carbocycles. The van der Waals surface area contributed by atoms with E-state index in [0.29, 0.717) is 11.8 Å². The Morgan fingerprint density at radius 1 is 1.15 bits per heavy atom. The zero-order valence-electron chi connectivity index (χ0n) is 11.0. The molecule has 4 heteroatoms. The van der Waals surface area contributed by atoms with E-state index in [0.717, 1.165) is 17.7 Å². The molecule has 0 aliphatic carbocycles. The van der Waals surface area contributed by atoms with Gasteiger partial charge in [-0.2, -0.15) is 0 Å². The van der Waals surface area contributed by atoms with Gasteiger partial charge in [0.2, 0.25) is 0 Å². The summed E-state index contributed by atoms with van der Waals surface area (Å²) < 4.78 is 31.6. The molecule has 0 aliphatic heterocycles. The summed E-state index contributed by atoms with van der Waals surface area (Å²) in [5.74, 6) is -1.28. The van der Waals surface area contributed by atoms with Gasteiger partial charge in [-0.25, -0.2) is 8.78 Å². The Labute approximate surface area is 116 Å². The van der Waals surface area contributed by atoms with Gasteiger partial charge in [-0.05, 0) is 36.8 Å². The van der Waals surface area contributed by atoms with Gasteiger partial charge < -0.3 is 4.74 Å². The fourth-order valence-corrected chi connectivity index (χ4v) is 1.82. The number of ether oxygens (including phenoxy) is 1. The minimum absolute atomic E-state index is 0.0382. The van der Waals surface area contributed by atoms with E-state index in [2.05, 4.69) is 0 Å². The average molecular weight is 276 g/mol. The standard InChI is InChI=1S/C16H14F2O2/c1-11-3-2-4-13(9-11)20-8-7-16(19)14-6-5-12(17)10-15(14)18/h2-6,9-10H,7-8H2,1H3. The fraction of sp³-hybridized carbons (Fsp3) is 0.188. The molecule has 0 spiro atoms. The lowest BCUT2D eigenvalue weighted by Crippen LogP contribution is -2.08. The second-order valence-electron chi connectivity index (χ2n) is 4.46. The molecule has 2 rings (SSSR count). The van der Waals surface area contributed by atoms with Crippen molar-refractivity contribution in [3.63, 3.8) is 0 Å². The third-order valence-electron chi connectivity index (χ3n) is 2.82. The van der Waals surface area contributed by atoms with Crippen LogP contribution in [0.4, 0.5) is 8.78 Å². The molecule has 104 valence electrons. The molecule has 0 heterocycles. The number of hydrogen-bond donors (Lipinski definition) is 0. The summed E-state index contributed by atoms with van der Waals surface area (Å²) >= 11 is 0. The molecule has 2 nitrogen and oxygen atoms in total. The smallest absolute Gasteiger partial charge is 0.169 e. The van der Waals surface area contributed by atoms with Crippen LogP contribution in [-0.2, 0) is 0 Å². The van der Waals surface area contributed by atoms with E-state index in [9.17, 15) is 13.6 Å². The third-order valence-corrected chi connectivity index (χ3v) is 2.82. The number of benzene rings is 2. The van der Waals surface area contributed by atoms with Gasteiger partial charge in [0, 0.05) is 12.5 Å². The first-order chi connectivity index (χ1) is 9.56. The summed E-state index contributed by atoms with van der Waals surface area (Å²) in [6.07, 6.45) is 0.0382. The highest BCUT2D eigenvalue weighted by Gasteiger charge is 2.12. The highest BCUT2D eigenvalue weighted by Crippen LogP contribution is 2.14. The number of hydrogen-bond acceptors (Lipinski definition) is 2. The SMILES string of the molecule is Cc1cccc(OCCC(=O)c2ccc(F)cc2F)c1. The van der Waals surface area contributed by atoms with E-state index in [1.54, 1.807) is 6.07 Å². The van der Waals surface area contributed by atoms with Gasteiger partial charge in [-0.1, -0.05) is 12.1 Å².